The molecule has 0 unspecified atom stereocenters. The van der Waals surface area contributed by atoms with E-state index in [4.69, 9.17) is 9.47 Å². The molecule has 0 saturated carbocycles. The van der Waals surface area contributed by atoms with Gasteiger partial charge in [-0.1, -0.05) is 12.1 Å². The fourth-order valence-corrected chi connectivity index (χ4v) is 3.58. The molecule has 0 radical (unpaired) electrons. The molecule has 1 fully saturated rings. The summed E-state index contributed by atoms with van der Waals surface area (Å²) in [5.74, 6) is 0.859. The van der Waals surface area contributed by atoms with Crippen molar-refractivity contribution in [3.05, 3.63) is 46.2 Å². The zero-order valence-electron chi connectivity index (χ0n) is 14.2. The van der Waals surface area contributed by atoms with Crippen molar-refractivity contribution >= 4 is 23.2 Å². The van der Waals surface area contributed by atoms with Crippen molar-refractivity contribution < 1.29 is 19.1 Å². The van der Waals surface area contributed by atoms with Crippen LogP contribution in [0.4, 0.5) is 0 Å². The summed E-state index contributed by atoms with van der Waals surface area (Å²) in [5.41, 5.74) is 0.422. The van der Waals surface area contributed by atoms with E-state index in [0.717, 1.165) is 4.88 Å². The first-order valence-electron chi connectivity index (χ1n) is 7.98. The lowest BCUT2D eigenvalue weighted by molar-refractivity contribution is 0.0534. The van der Waals surface area contributed by atoms with Gasteiger partial charge in [0.15, 0.2) is 0 Å². The average molecular weight is 360 g/mol. The minimum absolute atomic E-state index is 0.0250. The molecular formula is C18H20N2O4S. The Morgan fingerprint density at radius 3 is 1.92 bits per heavy atom. The quantitative estimate of drug-likeness (QED) is 0.840. The lowest BCUT2D eigenvalue weighted by Crippen LogP contribution is -2.50. The topological polar surface area (TPSA) is 59.1 Å². The number of hydrogen-bond donors (Lipinski definition) is 0. The maximum atomic E-state index is 12.9. The first-order valence-corrected chi connectivity index (χ1v) is 8.86. The van der Waals surface area contributed by atoms with Gasteiger partial charge in [-0.05, 0) is 23.6 Å². The first kappa shape index (κ1) is 17.3. The smallest absolute Gasteiger partial charge is 0.264 e. The maximum absolute atomic E-state index is 12.9. The molecule has 1 aliphatic rings. The van der Waals surface area contributed by atoms with E-state index in [0.29, 0.717) is 43.2 Å². The number of carbonyl (C=O) groups is 2. The van der Waals surface area contributed by atoms with E-state index >= 15 is 0 Å². The van der Waals surface area contributed by atoms with Gasteiger partial charge >= 0.3 is 0 Å². The van der Waals surface area contributed by atoms with Crippen molar-refractivity contribution in [3.63, 3.8) is 0 Å². The predicted molar refractivity (Wildman–Crippen MR) is 95.7 cm³/mol. The van der Waals surface area contributed by atoms with E-state index < -0.39 is 0 Å². The van der Waals surface area contributed by atoms with E-state index in [1.165, 1.54) is 25.6 Å². The van der Waals surface area contributed by atoms with Gasteiger partial charge in [0.05, 0.1) is 19.1 Å². The van der Waals surface area contributed by atoms with E-state index in [9.17, 15) is 9.59 Å². The third kappa shape index (κ3) is 3.46. The largest absolute Gasteiger partial charge is 0.496 e. The van der Waals surface area contributed by atoms with E-state index in [2.05, 4.69) is 0 Å². The Morgan fingerprint density at radius 1 is 0.880 bits per heavy atom. The molecule has 2 heterocycles. The van der Waals surface area contributed by atoms with Gasteiger partial charge in [0.1, 0.15) is 17.1 Å². The molecule has 0 atom stereocenters. The highest BCUT2D eigenvalue weighted by atomic mass is 32.1. The molecule has 2 amide bonds. The van der Waals surface area contributed by atoms with Gasteiger partial charge in [0.2, 0.25) is 0 Å². The number of methoxy groups -OCH3 is 2. The monoisotopic (exact) mass is 360 g/mol. The van der Waals surface area contributed by atoms with Crippen molar-refractivity contribution in [2.24, 2.45) is 0 Å². The second kappa shape index (κ2) is 7.57. The molecule has 6 nitrogen and oxygen atoms in total. The molecule has 1 aromatic carbocycles. The number of benzene rings is 1. The Balaban J connectivity index is 1.71. The highest BCUT2D eigenvalue weighted by molar-refractivity contribution is 7.12. The lowest BCUT2D eigenvalue weighted by Gasteiger charge is -2.35. The van der Waals surface area contributed by atoms with Crippen LogP contribution in [0.1, 0.15) is 20.0 Å². The van der Waals surface area contributed by atoms with Crippen molar-refractivity contribution in [1.29, 1.82) is 0 Å². The van der Waals surface area contributed by atoms with Crippen molar-refractivity contribution in [2.45, 2.75) is 0 Å². The Labute approximate surface area is 150 Å². The Hall–Kier alpha value is -2.54. The standard InChI is InChI=1S/C18H20N2O4S/c1-23-13-5-3-6-14(24-2)16(13)18(22)20-10-8-19(9-11-20)17(21)15-7-4-12-25-15/h3-7,12H,8-11H2,1-2H3. The fourth-order valence-electron chi connectivity index (χ4n) is 2.89. The first-order chi connectivity index (χ1) is 12.2. The van der Waals surface area contributed by atoms with Crippen molar-refractivity contribution in [3.8, 4) is 11.5 Å². The van der Waals surface area contributed by atoms with E-state index in [-0.39, 0.29) is 11.8 Å². The highest BCUT2D eigenvalue weighted by Crippen LogP contribution is 2.30. The maximum Gasteiger partial charge on any atom is 0.264 e. The summed E-state index contributed by atoms with van der Waals surface area (Å²) in [6, 6.07) is 8.96. The molecule has 1 saturated heterocycles. The highest BCUT2D eigenvalue weighted by Gasteiger charge is 2.29. The summed E-state index contributed by atoms with van der Waals surface area (Å²) >= 11 is 1.43. The van der Waals surface area contributed by atoms with Crippen LogP contribution in [0.3, 0.4) is 0 Å². The molecule has 1 aliphatic heterocycles. The predicted octanol–water partition coefficient (Wildman–Crippen LogP) is 2.36. The molecule has 0 bridgehead atoms. The van der Waals surface area contributed by atoms with Gasteiger partial charge < -0.3 is 19.3 Å². The number of amides is 2. The van der Waals surface area contributed by atoms with Gasteiger partial charge in [-0.15, -0.1) is 11.3 Å². The van der Waals surface area contributed by atoms with Crippen LogP contribution in [-0.4, -0.2) is 62.0 Å². The van der Waals surface area contributed by atoms with Gasteiger partial charge in [-0.25, -0.2) is 0 Å². The van der Waals surface area contributed by atoms with Crippen LogP contribution in [0.15, 0.2) is 35.7 Å². The number of ether oxygens (including phenoxy) is 2. The zero-order valence-corrected chi connectivity index (χ0v) is 15.0. The minimum Gasteiger partial charge on any atom is -0.496 e. The minimum atomic E-state index is -0.141. The summed E-state index contributed by atoms with van der Waals surface area (Å²) in [5, 5.41) is 1.89. The number of rotatable bonds is 4. The van der Waals surface area contributed by atoms with Crippen LogP contribution in [-0.2, 0) is 0 Å². The SMILES string of the molecule is COc1cccc(OC)c1C(=O)N1CCN(C(=O)c2cccs2)CC1. The third-order valence-electron chi connectivity index (χ3n) is 4.23. The number of hydrogen-bond acceptors (Lipinski definition) is 5. The lowest BCUT2D eigenvalue weighted by atomic mass is 10.1. The van der Waals surface area contributed by atoms with Gasteiger partial charge in [-0.3, -0.25) is 9.59 Å². The molecule has 7 heteroatoms. The van der Waals surface area contributed by atoms with Crippen LogP contribution in [0, 0.1) is 0 Å². The second-order valence-electron chi connectivity index (χ2n) is 5.60. The zero-order chi connectivity index (χ0) is 17.8. The summed E-state index contributed by atoms with van der Waals surface area (Å²) in [7, 11) is 3.06. The van der Waals surface area contributed by atoms with E-state index in [1.807, 2.05) is 17.5 Å². The van der Waals surface area contributed by atoms with Crippen molar-refractivity contribution in [1.82, 2.24) is 9.80 Å². The van der Waals surface area contributed by atoms with Crippen LogP contribution in [0.25, 0.3) is 0 Å². The molecule has 1 aromatic heterocycles. The second-order valence-corrected chi connectivity index (χ2v) is 6.55. The Kier molecular flexibility index (Phi) is 5.23. The molecule has 0 N–H and O–H groups in total. The molecule has 2 aromatic rings. The third-order valence-corrected chi connectivity index (χ3v) is 5.09. The molecule has 3 rings (SSSR count). The fraction of sp³-hybridized carbons (Fsp3) is 0.333. The van der Waals surface area contributed by atoms with E-state index in [1.54, 1.807) is 28.0 Å². The van der Waals surface area contributed by atoms with Crippen LogP contribution < -0.4 is 9.47 Å². The molecule has 0 aliphatic carbocycles. The molecule has 132 valence electrons. The van der Waals surface area contributed by atoms with Crippen LogP contribution >= 0.6 is 11.3 Å². The van der Waals surface area contributed by atoms with Crippen LogP contribution in [0.2, 0.25) is 0 Å². The number of carbonyl (C=O) groups excluding carboxylic acids is 2. The van der Waals surface area contributed by atoms with Gasteiger partial charge in [0, 0.05) is 26.2 Å². The van der Waals surface area contributed by atoms with Crippen LogP contribution in [0.5, 0.6) is 11.5 Å². The van der Waals surface area contributed by atoms with Gasteiger partial charge in [-0.2, -0.15) is 0 Å². The Morgan fingerprint density at radius 2 is 1.44 bits per heavy atom. The summed E-state index contributed by atoms with van der Waals surface area (Å²) in [6.45, 7) is 1.99. The van der Waals surface area contributed by atoms with Gasteiger partial charge in [0.25, 0.3) is 11.8 Å². The number of nitrogens with zero attached hydrogens (tertiary/aromatic N) is 2. The molecular weight excluding hydrogens is 340 g/mol. The molecule has 25 heavy (non-hydrogen) atoms. The molecule has 0 spiro atoms. The Bertz CT molecular complexity index is 730. The summed E-state index contributed by atoms with van der Waals surface area (Å²) in [6.07, 6.45) is 0. The average Bonchev–Trinajstić information content (AvgIpc) is 3.21. The summed E-state index contributed by atoms with van der Waals surface area (Å²) in [4.78, 5) is 29.6. The number of piperazine rings is 1. The normalized spacial score (nSPS) is 14.3. The summed E-state index contributed by atoms with van der Waals surface area (Å²) < 4.78 is 10.6. The number of thiophene rings is 1. The van der Waals surface area contributed by atoms with Crippen molar-refractivity contribution in [2.75, 3.05) is 40.4 Å².